The van der Waals surface area contributed by atoms with Gasteiger partial charge >= 0.3 is 6.18 Å². The Morgan fingerprint density at radius 1 is 1.19 bits per heavy atom. The third-order valence-electron chi connectivity index (χ3n) is 4.08. The standard InChI is InChI=1S/C18H13F3N4O2/c1-10-15(22-13-5-3-2-4-12(13)16(10)26)17-23-14-7-6-11(8-25(14)24-17)27-9-18(19,20)21/h2-8H,9H2,1H3,(H,22,26). The van der Waals surface area contributed by atoms with Gasteiger partial charge in [0.25, 0.3) is 0 Å². The average Bonchev–Trinajstić information content (AvgIpc) is 3.05. The monoisotopic (exact) mass is 374 g/mol. The van der Waals surface area contributed by atoms with Crippen LogP contribution in [0.4, 0.5) is 13.2 Å². The van der Waals surface area contributed by atoms with E-state index in [0.717, 1.165) is 0 Å². The number of alkyl halides is 3. The van der Waals surface area contributed by atoms with Gasteiger partial charge in [-0.3, -0.25) is 4.79 Å². The minimum absolute atomic E-state index is 0.0139. The number of nitrogens with one attached hydrogen (secondary N) is 1. The number of rotatable bonds is 3. The summed E-state index contributed by atoms with van der Waals surface area (Å²) >= 11 is 0. The zero-order chi connectivity index (χ0) is 19.2. The Morgan fingerprint density at radius 3 is 2.74 bits per heavy atom. The summed E-state index contributed by atoms with van der Waals surface area (Å²) in [6.45, 7) is 0.279. The number of para-hydroxylation sites is 1. The summed E-state index contributed by atoms with van der Waals surface area (Å²) in [6, 6.07) is 9.97. The number of aromatic nitrogens is 4. The van der Waals surface area contributed by atoms with Crippen LogP contribution >= 0.6 is 0 Å². The lowest BCUT2D eigenvalue weighted by molar-refractivity contribution is -0.153. The van der Waals surface area contributed by atoms with E-state index in [4.69, 9.17) is 4.74 Å². The van der Waals surface area contributed by atoms with Crippen molar-refractivity contribution in [2.75, 3.05) is 6.61 Å². The van der Waals surface area contributed by atoms with Crippen LogP contribution in [0.1, 0.15) is 5.56 Å². The Bertz CT molecular complexity index is 1210. The summed E-state index contributed by atoms with van der Waals surface area (Å²) in [7, 11) is 0. The molecule has 0 radical (unpaired) electrons. The second-order valence-corrected chi connectivity index (χ2v) is 6.01. The van der Waals surface area contributed by atoms with E-state index in [2.05, 4.69) is 15.1 Å². The lowest BCUT2D eigenvalue weighted by Gasteiger charge is -2.08. The second kappa shape index (κ2) is 6.11. The normalized spacial score (nSPS) is 12.0. The molecule has 0 fully saturated rings. The van der Waals surface area contributed by atoms with Crippen LogP contribution < -0.4 is 10.2 Å². The SMILES string of the molecule is Cc1c(-c2nc3ccc(OCC(F)(F)F)cn3n2)[nH]c2ccccc2c1=O. The van der Waals surface area contributed by atoms with Gasteiger partial charge in [-0.2, -0.15) is 13.2 Å². The summed E-state index contributed by atoms with van der Waals surface area (Å²) < 4.78 is 42.9. The van der Waals surface area contributed by atoms with E-state index in [9.17, 15) is 18.0 Å². The molecule has 3 aromatic heterocycles. The van der Waals surface area contributed by atoms with Gasteiger partial charge in [-0.1, -0.05) is 12.1 Å². The molecule has 0 atom stereocenters. The van der Waals surface area contributed by atoms with Gasteiger partial charge < -0.3 is 9.72 Å². The van der Waals surface area contributed by atoms with Crippen molar-refractivity contribution in [3.8, 4) is 17.3 Å². The van der Waals surface area contributed by atoms with Gasteiger partial charge in [0.15, 0.2) is 23.5 Å². The number of hydrogen-bond donors (Lipinski definition) is 1. The van der Waals surface area contributed by atoms with Gasteiger partial charge in [-0.25, -0.2) is 9.50 Å². The molecule has 0 unspecified atom stereocenters. The van der Waals surface area contributed by atoms with Gasteiger partial charge in [-0.15, -0.1) is 5.10 Å². The van der Waals surface area contributed by atoms with Gasteiger partial charge in [-0.05, 0) is 31.2 Å². The first-order valence-electron chi connectivity index (χ1n) is 8.00. The number of hydrogen-bond acceptors (Lipinski definition) is 4. The van der Waals surface area contributed by atoms with Gasteiger partial charge in [0, 0.05) is 16.5 Å². The van der Waals surface area contributed by atoms with E-state index < -0.39 is 12.8 Å². The van der Waals surface area contributed by atoms with Crippen molar-refractivity contribution >= 4 is 16.6 Å². The van der Waals surface area contributed by atoms with Crippen molar-refractivity contribution in [1.82, 2.24) is 19.6 Å². The van der Waals surface area contributed by atoms with E-state index in [1.165, 1.54) is 22.8 Å². The van der Waals surface area contributed by atoms with Crippen LogP contribution in [0.2, 0.25) is 0 Å². The largest absolute Gasteiger partial charge is 0.483 e. The topological polar surface area (TPSA) is 72.3 Å². The first kappa shape index (κ1) is 17.1. The smallest absolute Gasteiger partial charge is 0.422 e. The minimum atomic E-state index is -4.43. The molecule has 0 aliphatic rings. The molecular weight excluding hydrogens is 361 g/mol. The number of H-pyrrole nitrogens is 1. The quantitative estimate of drug-likeness (QED) is 0.596. The third kappa shape index (κ3) is 3.23. The molecule has 27 heavy (non-hydrogen) atoms. The molecule has 138 valence electrons. The summed E-state index contributed by atoms with van der Waals surface area (Å²) in [4.78, 5) is 20.1. The fraction of sp³-hybridized carbons (Fsp3) is 0.167. The predicted octanol–water partition coefficient (Wildman–Crippen LogP) is 3.49. The van der Waals surface area contributed by atoms with Crippen LogP contribution in [0.5, 0.6) is 5.75 Å². The highest BCUT2D eigenvalue weighted by molar-refractivity contribution is 5.82. The minimum Gasteiger partial charge on any atom is -0.483 e. The highest BCUT2D eigenvalue weighted by atomic mass is 19.4. The van der Waals surface area contributed by atoms with Crippen molar-refractivity contribution in [2.24, 2.45) is 0 Å². The molecular formula is C18H13F3N4O2. The lowest BCUT2D eigenvalue weighted by atomic mass is 10.1. The lowest BCUT2D eigenvalue weighted by Crippen LogP contribution is -2.19. The van der Waals surface area contributed by atoms with Gasteiger partial charge in [0.1, 0.15) is 5.75 Å². The molecule has 0 bridgehead atoms. The summed E-state index contributed by atoms with van der Waals surface area (Å²) in [5.41, 5.74) is 1.85. The molecule has 1 N–H and O–H groups in total. The molecule has 1 aromatic carbocycles. The molecule has 9 heteroatoms. The Balaban J connectivity index is 1.77. The first-order valence-corrected chi connectivity index (χ1v) is 8.00. The number of fused-ring (bicyclic) bond motifs is 2. The number of pyridine rings is 2. The Labute approximate surface area is 150 Å². The predicted molar refractivity (Wildman–Crippen MR) is 92.8 cm³/mol. The molecule has 3 heterocycles. The average molecular weight is 374 g/mol. The molecule has 0 saturated heterocycles. The maximum absolute atomic E-state index is 12.6. The fourth-order valence-corrected chi connectivity index (χ4v) is 2.78. The van der Waals surface area contributed by atoms with Crippen LogP contribution in [0.25, 0.3) is 28.1 Å². The molecule has 4 rings (SSSR count). The Morgan fingerprint density at radius 2 is 1.96 bits per heavy atom. The van der Waals surface area contributed by atoms with Crippen LogP contribution in [-0.4, -0.2) is 32.4 Å². The van der Waals surface area contributed by atoms with Crippen LogP contribution in [0, 0.1) is 6.92 Å². The highest BCUT2D eigenvalue weighted by Gasteiger charge is 2.28. The summed E-state index contributed by atoms with van der Waals surface area (Å²) in [6.07, 6.45) is -3.11. The van der Waals surface area contributed by atoms with E-state index in [0.29, 0.717) is 27.8 Å². The molecule has 4 aromatic rings. The molecule has 0 aliphatic carbocycles. The maximum Gasteiger partial charge on any atom is 0.422 e. The first-order chi connectivity index (χ1) is 12.8. The van der Waals surface area contributed by atoms with Crippen LogP contribution in [0.15, 0.2) is 47.4 Å². The van der Waals surface area contributed by atoms with Crippen LogP contribution in [0.3, 0.4) is 0 Å². The number of halogens is 3. The maximum atomic E-state index is 12.6. The zero-order valence-corrected chi connectivity index (χ0v) is 14.0. The Hall–Kier alpha value is -3.36. The van der Waals surface area contributed by atoms with Crippen LogP contribution in [-0.2, 0) is 0 Å². The number of ether oxygens (including phenoxy) is 1. The van der Waals surface area contributed by atoms with Crippen molar-refractivity contribution in [3.05, 3.63) is 58.4 Å². The van der Waals surface area contributed by atoms with E-state index in [-0.39, 0.29) is 17.0 Å². The fourth-order valence-electron chi connectivity index (χ4n) is 2.78. The van der Waals surface area contributed by atoms with Gasteiger partial charge in [0.2, 0.25) is 0 Å². The molecule has 0 aliphatic heterocycles. The molecule has 0 saturated carbocycles. The van der Waals surface area contributed by atoms with E-state index in [1.807, 2.05) is 0 Å². The summed E-state index contributed by atoms with van der Waals surface area (Å²) in [5, 5.41) is 4.83. The van der Waals surface area contributed by atoms with E-state index >= 15 is 0 Å². The van der Waals surface area contributed by atoms with Crippen molar-refractivity contribution < 1.29 is 17.9 Å². The zero-order valence-electron chi connectivity index (χ0n) is 14.0. The third-order valence-corrected chi connectivity index (χ3v) is 4.08. The molecule has 6 nitrogen and oxygen atoms in total. The summed E-state index contributed by atoms with van der Waals surface area (Å²) in [5.74, 6) is 0.281. The number of nitrogens with zero attached hydrogens (tertiary/aromatic N) is 3. The number of benzene rings is 1. The Kier molecular flexibility index (Phi) is 3.87. The van der Waals surface area contributed by atoms with Crippen molar-refractivity contribution in [3.63, 3.8) is 0 Å². The van der Waals surface area contributed by atoms with Gasteiger partial charge in [0.05, 0.1) is 11.9 Å². The molecule has 0 spiro atoms. The highest BCUT2D eigenvalue weighted by Crippen LogP contribution is 2.22. The molecule has 0 amide bonds. The number of aromatic amines is 1. The second-order valence-electron chi connectivity index (χ2n) is 6.01. The van der Waals surface area contributed by atoms with E-state index in [1.54, 1.807) is 31.2 Å². The van der Waals surface area contributed by atoms with Crippen molar-refractivity contribution in [1.29, 1.82) is 0 Å². The van der Waals surface area contributed by atoms with Crippen molar-refractivity contribution in [2.45, 2.75) is 13.1 Å².